The Bertz CT molecular complexity index is 268. The van der Waals surface area contributed by atoms with E-state index < -0.39 is 6.17 Å². The third kappa shape index (κ3) is 2.28. The number of hydrogen-bond donors (Lipinski definition) is 1. The van der Waals surface area contributed by atoms with Gasteiger partial charge in [-0.2, -0.15) is 0 Å². The normalized spacial score (nSPS) is 13.2. The molecule has 0 fully saturated rings. The van der Waals surface area contributed by atoms with Crippen molar-refractivity contribution in [3.8, 4) is 0 Å². The molecule has 1 heterocycles. The van der Waals surface area contributed by atoms with Crippen LogP contribution in [0.25, 0.3) is 0 Å². The number of alkyl halides is 1. The molecule has 0 aliphatic carbocycles. The Balaban J connectivity index is 2.74. The van der Waals surface area contributed by atoms with Gasteiger partial charge in [0, 0.05) is 13.5 Å². The van der Waals surface area contributed by atoms with Crippen molar-refractivity contribution in [1.29, 1.82) is 0 Å². The lowest BCUT2D eigenvalue weighted by Gasteiger charge is -2.05. The molecule has 0 saturated carbocycles. The minimum atomic E-state index is -0.955. The van der Waals surface area contributed by atoms with E-state index in [2.05, 4.69) is 4.98 Å². The van der Waals surface area contributed by atoms with Gasteiger partial charge in [-0.25, -0.2) is 9.37 Å². The number of rotatable bonds is 4. The fourth-order valence-corrected chi connectivity index (χ4v) is 1.32. The smallest absolute Gasteiger partial charge is 0.139 e. The van der Waals surface area contributed by atoms with Crippen molar-refractivity contribution in [3.05, 3.63) is 17.7 Å². The van der Waals surface area contributed by atoms with E-state index in [1.165, 1.54) is 6.92 Å². The van der Waals surface area contributed by atoms with Gasteiger partial charge < -0.3 is 10.3 Å². The molecule has 2 N–H and O–H groups in total. The van der Waals surface area contributed by atoms with E-state index in [4.69, 9.17) is 5.73 Å². The standard InChI is InChI=1S/C9H16FN3/c1-7(10)8-6-12-9(13(8)2)4-3-5-11/h6-7H,3-5,11H2,1-2H3. The van der Waals surface area contributed by atoms with Crippen LogP contribution >= 0.6 is 0 Å². The number of nitrogens with zero attached hydrogens (tertiary/aromatic N) is 2. The van der Waals surface area contributed by atoms with Gasteiger partial charge in [-0.1, -0.05) is 0 Å². The zero-order valence-electron chi connectivity index (χ0n) is 8.13. The molecular formula is C9H16FN3. The third-order valence-electron chi connectivity index (χ3n) is 2.13. The highest BCUT2D eigenvalue weighted by molar-refractivity contribution is 5.07. The van der Waals surface area contributed by atoms with E-state index in [-0.39, 0.29) is 0 Å². The molecule has 1 aromatic heterocycles. The van der Waals surface area contributed by atoms with Gasteiger partial charge in [0.1, 0.15) is 12.0 Å². The minimum absolute atomic E-state index is 0.632. The summed E-state index contributed by atoms with van der Waals surface area (Å²) in [5.74, 6) is 0.907. The predicted molar refractivity (Wildman–Crippen MR) is 50.1 cm³/mol. The Hall–Kier alpha value is -0.900. The molecule has 0 saturated heterocycles. The van der Waals surface area contributed by atoms with Crippen LogP contribution in [0.5, 0.6) is 0 Å². The Kier molecular flexibility index (Phi) is 3.42. The van der Waals surface area contributed by atoms with Gasteiger partial charge in [0.05, 0.1) is 11.9 Å². The molecule has 0 aromatic carbocycles. The van der Waals surface area contributed by atoms with Crippen LogP contribution in [0.1, 0.15) is 31.0 Å². The summed E-state index contributed by atoms with van der Waals surface area (Å²) in [7, 11) is 1.84. The number of imidazole rings is 1. The zero-order valence-corrected chi connectivity index (χ0v) is 8.13. The van der Waals surface area contributed by atoms with E-state index >= 15 is 0 Å². The summed E-state index contributed by atoms with van der Waals surface area (Å²) < 4.78 is 14.8. The predicted octanol–water partition coefficient (Wildman–Crippen LogP) is 1.34. The number of aryl methyl sites for hydroxylation is 1. The third-order valence-corrected chi connectivity index (χ3v) is 2.13. The second-order valence-electron chi connectivity index (χ2n) is 3.17. The average molecular weight is 185 g/mol. The maximum atomic E-state index is 12.9. The van der Waals surface area contributed by atoms with Gasteiger partial charge in [-0.3, -0.25) is 0 Å². The molecule has 74 valence electrons. The molecule has 1 rings (SSSR count). The van der Waals surface area contributed by atoms with Crippen LogP contribution in [-0.2, 0) is 13.5 Å². The Morgan fingerprint density at radius 3 is 2.85 bits per heavy atom. The van der Waals surface area contributed by atoms with E-state index in [1.54, 1.807) is 10.8 Å². The summed E-state index contributed by atoms with van der Waals surface area (Å²) in [5.41, 5.74) is 6.01. The lowest BCUT2D eigenvalue weighted by atomic mass is 10.3. The Morgan fingerprint density at radius 2 is 2.38 bits per heavy atom. The molecule has 0 spiro atoms. The number of hydrogen-bond acceptors (Lipinski definition) is 2. The summed E-state index contributed by atoms with van der Waals surface area (Å²) in [5, 5.41) is 0. The SMILES string of the molecule is CC(F)c1cnc(CCCN)n1C. The van der Waals surface area contributed by atoms with Crippen LogP contribution < -0.4 is 5.73 Å². The number of halogens is 1. The van der Waals surface area contributed by atoms with Crippen molar-refractivity contribution in [2.45, 2.75) is 25.9 Å². The second-order valence-corrected chi connectivity index (χ2v) is 3.17. The van der Waals surface area contributed by atoms with Gasteiger partial charge in [-0.05, 0) is 19.9 Å². The maximum Gasteiger partial charge on any atom is 0.139 e. The lowest BCUT2D eigenvalue weighted by Crippen LogP contribution is -2.06. The number of nitrogens with two attached hydrogens (primary N) is 1. The first-order valence-corrected chi connectivity index (χ1v) is 4.51. The van der Waals surface area contributed by atoms with Crippen molar-refractivity contribution in [2.24, 2.45) is 12.8 Å². The van der Waals surface area contributed by atoms with E-state index in [9.17, 15) is 4.39 Å². The molecule has 0 aliphatic heterocycles. The largest absolute Gasteiger partial charge is 0.333 e. The van der Waals surface area contributed by atoms with Crippen LogP contribution in [0.4, 0.5) is 4.39 Å². The fraction of sp³-hybridized carbons (Fsp3) is 0.667. The minimum Gasteiger partial charge on any atom is -0.333 e. The molecule has 1 unspecified atom stereocenters. The number of aromatic nitrogens is 2. The van der Waals surface area contributed by atoms with Gasteiger partial charge >= 0.3 is 0 Å². The van der Waals surface area contributed by atoms with Crippen molar-refractivity contribution in [3.63, 3.8) is 0 Å². The van der Waals surface area contributed by atoms with Crippen LogP contribution in [-0.4, -0.2) is 16.1 Å². The van der Waals surface area contributed by atoms with E-state index in [0.29, 0.717) is 12.2 Å². The van der Waals surface area contributed by atoms with Gasteiger partial charge in [0.25, 0.3) is 0 Å². The van der Waals surface area contributed by atoms with Crippen molar-refractivity contribution in [1.82, 2.24) is 9.55 Å². The zero-order chi connectivity index (χ0) is 9.84. The van der Waals surface area contributed by atoms with Crippen molar-refractivity contribution >= 4 is 0 Å². The van der Waals surface area contributed by atoms with Crippen LogP contribution in [0, 0.1) is 0 Å². The topological polar surface area (TPSA) is 43.8 Å². The highest BCUT2D eigenvalue weighted by Crippen LogP contribution is 2.16. The lowest BCUT2D eigenvalue weighted by molar-refractivity contribution is 0.357. The summed E-state index contributed by atoms with van der Waals surface area (Å²) >= 11 is 0. The first-order chi connectivity index (χ1) is 6.16. The average Bonchev–Trinajstić information content (AvgIpc) is 2.43. The van der Waals surface area contributed by atoms with Crippen molar-refractivity contribution < 1.29 is 4.39 Å². The Labute approximate surface area is 77.8 Å². The molecule has 4 heteroatoms. The van der Waals surface area contributed by atoms with E-state index in [1.807, 2.05) is 7.05 Å². The molecule has 1 atom stereocenters. The highest BCUT2D eigenvalue weighted by Gasteiger charge is 2.10. The summed E-state index contributed by atoms with van der Waals surface area (Å²) in [4.78, 5) is 4.14. The summed E-state index contributed by atoms with van der Waals surface area (Å²) in [6, 6.07) is 0. The molecule has 0 aliphatic rings. The summed E-state index contributed by atoms with van der Waals surface area (Å²) in [6.07, 6.45) is 2.35. The van der Waals surface area contributed by atoms with Gasteiger partial charge in [0.15, 0.2) is 0 Å². The van der Waals surface area contributed by atoms with Crippen LogP contribution in [0.15, 0.2) is 6.20 Å². The first kappa shape index (κ1) is 10.2. The molecule has 1 aromatic rings. The second kappa shape index (κ2) is 4.37. The molecule has 0 amide bonds. The molecular weight excluding hydrogens is 169 g/mol. The van der Waals surface area contributed by atoms with Gasteiger partial charge in [-0.15, -0.1) is 0 Å². The van der Waals surface area contributed by atoms with Crippen molar-refractivity contribution in [2.75, 3.05) is 6.54 Å². The first-order valence-electron chi connectivity index (χ1n) is 4.51. The van der Waals surface area contributed by atoms with Gasteiger partial charge in [0.2, 0.25) is 0 Å². The monoisotopic (exact) mass is 185 g/mol. The maximum absolute atomic E-state index is 12.9. The molecule has 0 radical (unpaired) electrons. The van der Waals surface area contributed by atoms with Crippen LogP contribution in [0.3, 0.4) is 0 Å². The summed E-state index contributed by atoms with van der Waals surface area (Å²) in [6.45, 7) is 2.16. The van der Waals surface area contributed by atoms with E-state index in [0.717, 1.165) is 18.7 Å². The molecule has 13 heavy (non-hydrogen) atoms. The molecule has 3 nitrogen and oxygen atoms in total. The molecule has 0 bridgehead atoms. The quantitative estimate of drug-likeness (QED) is 0.769. The fourth-order valence-electron chi connectivity index (χ4n) is 1.32. The van der Waals surface area contributed by atoms with Crippen LogP contribution in [0.2, 0.25) is 0 Å². The Morgan fingerprint density at radius 1 is 1.69 bits per heavy atom. The highest BCUT2D eigenvalue weighted by atomic mass is 19.1.